The number of carbonyl (C=O) groups is 4. The molecule has 0 aliphatic heterocycles. The second kappa shape index (κ2) is 15.1. The standard InChI is InChI=1S/C32H36O14/c1-39-19-9-15(10-20(40-2)31(19)45-7)17(13-23(33)43-5)25-27(35)29(37)26(30(38)28(25)36)18(14-24(34)44-6)16-11-21(41-3)32(46-8)22(12-16)42-4/h9-12,17-18,35,38H,13-14H2,1-8H3/t17-,18-/m0/s1. The summed E-state index contributed by atoms with van der Waals surface area (Å²) < 4.78 is 42.0. The summed E-state index contributed by atoms with van der Waals surface area (Å²) in [5.74, 6) is -7.67. The van der Waals surface area contributed by atoms with Crippen LogP contribution in [-0.2, 0) is 28.7 Å². The van der Waals surface area contributed by atoms with Crippen LogP contribution in [0.3, 0.4) is 0 Å². The molecule has 46 heavy (non-hydrogen) atoms. The highest BCUT2D eigenvalue weighted by molar-refractivity contribution is 6.24. The summed E-state index contributed by atoms with van der Waals surface area (Å²) in [6.45, 7) is 0. The van der Waals surface area contributed by atoms with Gasteiger partial charge in [-0.1, -0.05) is 0 Å². The second-order valence-corrected chi connectivity index (χ2v) is 9.77. The van der Waals surface area contributed by atoms with Crippen molar-refractivity contribution in [3.63, 3.8) is 0 Å². The van der Waals surface area contributed by atoms with Gasteiger partial charge >= 0.3 is 11.9 Å². The molecule has 0 spiro atoms. The Labute approximate surface area is 265 Å². The molecule has 248 valence electrons. The predicted octanol–water partition coefficient (Wildman–Crippen LogP) is 3.51. The Balaban J connectivity index is 2.29. The molecule has 2 aromatic rings. The van der Waals surface area contributed by atoms with E-state index in [0.29, 0.717) is 0 Å². The van der Waals surface area contributed by atoms with E-state index in [1.807, 2.05) is 0 Å². The molecule has 0 heterocycles. The number of ketones is 2. The maximum atomic E-state index is 13.9. The molecule has 0 aromatic heterocycles. The SMILES string of the molecule is COC(=O)C[C@H](C1=C(O)C(=O)C([C@@H](CC(=O)OC)c2cc(OC)c(OC)c(OC)c2)=C(O)C1=O)c1cc(OC)c(OC)c(OC)c1. The van der Waals surface area contributed by atoms with Crippen LogP contribution in [0.1, 0.15) is 35.8 Å². The summed E-state index contributed by atoms with van der Waals surface area (Å²) in [6.07, 6.45) is -1.07. The van der Waals surface area contributed by atoms with Gasteiger partial charge in [0.2, 0.25) is 23.1 Å². The van der Waals surface area contributed by atoms with Crippen molar-refractivity contribution >= 4 is 23.5 Å². The van der Waals surface area contributed by atoms with Crippen LogP contribution in [0, 0.1) is 0 Å². The first-order chi connectivity index (χ1) is 22.0. The molecule has 0 saturated heterocycles. The van der Waals surface area contributed by atoms with Gasteiger partial charge in [-0.15, -0.1) is 0 Å². The molecule has 2 N–H and O–H groups in total. The van der Waals surface area contributed by atoms with E-state index in [0.717, 1.165) is 14.2 Å². The molecule has 0 bridgehead atoms. The molecular formula is C32H36O14. The molecule has 0 saturated carbocycles. The van der Waals surface area contributed by atoms with Crippen molar-refractivity contribution in [3.8, 4) is 34.5 Å². The number of allylic oxidation sites excluding steroid dienone is 2. The number of carbonyl (C=O) groups excluding carboxylic acids is 4. The van der Waals surface area contributed by atoms with Gasteiger partial charge in [-0.3, -0.25) is 19.2 Å². The third-order valence-electron chi connectivity index (χ3n) is 7.50. The van der Waals surface area contributed by atoms with Crippen LogP contribution in [0.15, 0.2) is 46.9 Å². The quantitative estimate of drug-likeness (QED) is 0.225. The summed E-state index contributed by atoms with van der Waals surface area (Å²) in [4.78, 5) is 53.0. The maximum Gasteiger partial charge on any atom is 0.306 e. The average Bonchev–Trinajstić information content (AvgIpc) is 3.08. The van der Waals surface area contributed by atoms with Gasteiger partial charge in [-0.05, 0) is 35.4 Å². The summed E-state index contributed by atoms with van der Waals surface area (Å²) in [5, 5.41) is 22.8. The lowest BCUT2D eigenvalue weighted by Crippen LogP contribution is -2.31. The Morgan fingerprint density at radius 1 is 0.543 bits per heavy atom. The smallest absolute Gasteiger partial charge is 0.306 e. The van der Waals surface area contributed by atoms with Gasteiger partial charge in [0.15, 0.2) is 34.5 Å². The lowest BCUT2D eigenvalue weighted by Gasteiger charge is -2.28. The highest BCUT2D eigenvalue weighted by atomic mass is 16.5. The fraction of sp³-hybridized carbons (Fsp3) is 0.375. The zero-order valence-corrected chi connectivity index (χ0v) is 26.7. The fourth-order valence-corrected chi connectivity index (χ4v) is 5.24. The molecule has 1 aliphatic rings. The molecule has 0 amide bonds. The molecule has 2 aromatic carbocycles. The zero-order chi connectivity index (χ0) is 34.3. The minimum Gasteiger partial charge on any atom is -0.504 e. The van der Waals surface area contributed by atoms with E-state index in [1.54, 1.807) is 0 Å². The third-order valence-corrected chi connectivity index (χ3v) is 7.50. The van der Waals surface area contributed by atoms with E-state index in [2.05, 4.69) is 0 Å². The van der Waals surface area contributed by atoms with Crippen molar-refractivity contribution in [1.29, 1.82) is 0 Å². The molecule has 0 fully saturated rings. The number of esters is 2. The number of Topliss-reactive ketones (excluding diaryl/α,β-unsaturated/α-hetero) is 2. The molecule has 14 heteroatoms. The number of aliphatic hydroxyl groups is 2. The molecule has 0 unspecified atom stereocenters. The Hall–Kier alpha value is -5.40. The van der Waals surface area contributed by atoms with Crippen LogP contribution in [0.4, 0.5) is 0 Å². The average molecular weight is 645 g/mol. The minimum absolute atomic E-state index is 0.155. The fourth-order valence-electron chi connectivity index (χ4n) is 5.24. The van der Waals surface area contributed by atoms with Crippen molar-refractivity contribution < 1.29 is 67.3 Å². The van der Waals surface area contributed by atoms with Crippen LogP contribution >= 0.6 is 0 Å². The van der Waals surface area contributed by atoms with Gasteiger partial charge in [0.1, 0.15) is 0 Å². The van der Waals surface area contributed by atoms with E-state index in [4.69, 9.17) is 37.9 Å². The Bertz CT molecular complexity index is 1420. The van der Waals surface area contributed by atoms with Crippen molar-refractivity contribution in [3.05, 3.63) is 58.1 Å². The number of methoxy groups -OCH3 is 8. The third kappa shape index (κ3) is 6.65. The number of rotatable bonds is 14. The summed E-state index contributed by atoms with van der Waals surface area (Å²) in [5.41, 5.74) is -0.801. The normalized spacial score (nSPS) is 14.3. The topological polar surface area (TPSA) is 183 Å². The summed E-state index contributed by atoms with van der Waals surface area (Å²) >= 11 is 0. The van der Waals surface area contributed by atoms with E-state index in [-0.39, 0.29) is 45.6 Å². The van der Waals surface area contributed by atoms with Crippen molar-refractivity contribution in [1.82, 2.24) is 0 Å². The summed E-state index contributed by atoms with van der Waals surface area (Å²) in [7, 11) is 10.4. The van der Waals surface area contributed by atoms with Crippen LogP contribution in [0.25, 0.3) is 0 Å². The van der Waals surface area contributed by atoms with Gasteiger partial charge in [-0.25, -0.2) is 0 Å². The molecular weight excluding hydrogens is 608 g/mol. The number of hydrogen-bond acceptors (Lipinski definition) is 14. The maximum absolute atomic E-state index is 13.9. The Morgan fingerprint density at radius 3 is 1.04 bits per heavy atom. The van der Waals surface area contributed by atoms with Crippen LogP contribution < -0.4 is 28.4 Å². The van der Waals surface area contributed by atoms with Gasteiger partial charge in [0.25, 0.3) is 0 Å². The number of aliphatic hydroxyl groups excluding tert-OH is 2. The van der Waals surface area contributed by atoms with Crippen molar-refractivity contribution in [2.24, 2.45) is 0 Å². The van der Waals surface area contributed by atoms with Crippen LogP contribution in [0.2, 0.25) is 0 Å². The lowest BCUT2D eigenvalue weighted by molar-refractivity contribution is -0.142. The van der Waals surface area contributed by atoms with Gasteiger partial charge < -0.3 is 48.1 Å². The Morgan fingerprint density at radius 2 is 0.826 bits per heavy atom. The van der Waals surface area contributed by atoms with E-state index in [9.17, 15) is 29.4 Å². The Kier molecular flexibility index (Phi) is 11.5. The van der Waals surface area contributed by atoms with Gasteiger partial charge in [0.05, 0.1) is 80.9 Å². The molecule has 14 nitrogen and oxygen atoms in total. The molecule has 3 rings (SSSR count). The summed E-state index contributed by atoms with van der Waals surface area (Å²) in [6, 6.07) is 5.72. The zero-order valence-electron chi connectivity index (χ0n) is 26.7. The second-order valence-electron chi connectivity index (χ2n) is 9.77. The van der Waals surface area contributed by atoms with Gasteiger partial charge in [-0.2, -0.15) is 0 Å². The number of hydrogen-bond donors (Lipinski definition) is 2. The first kappa shape index (κ1) is 35.1. The van der Waals surface area contributed by atoms with Crippen LogP contribution in [-0.4, -0.2) is 90.6 Å². The van der Waals surface area contributed by atoms with E-state index >= 15 is 0 Å². The lowest BCUT2D eigenvalue weighted by atomic mass is 9.75. The van der Waals surface area contributed by atoms with Crippen LogP contribution in [0.5, 0.6) is 34.5 Å². The number of benzene rings is 2. The number of ether oxygens (including phenoxy) is 8. The monoisotopic (exact) mass is 644 g/mol. The first-order valence-electron chi connectivity index (χ1n) is 13.7. The van der Waals surface area contributed by atoms with E-state index < -0.39 is 70.8 Å². The largest absolute Gasteiger partial charge is 0.504 e. The molecule has 0 radical (unpaired) electrons. The predicted molar refractivity (Wildman–Crippen MR) is 160 cm³/mol. The molecule has 2 atom stereocenters. The highest BCUT2D eigenvalue weighted by Gasteiger charge is 2.44. The minimum atomic E-state index is -1.33. The van der Waals surface area contributed by atoms with Crippen molar-refractivity contribution in [2.75, 3.05) is 56.9 Å². The van der Waals surface area contributed by atoms with E-state index in [1.165, 1.54) is 66.9 Å². The van der Waals surface area contributed by atoms with Crippen molar-refractivity contribution in [2.45, 2.75) is 24.7 Å². The highest BCUT2D eigenvalue weighted by Crippen LogP contribution is 2.47. The first-order valence-corrected chi connectivity index (χ1v) is 13.7. The molecule has 1 aliphatic carbocycles. The van der Waals surface area contributed by atoms with Gasteiger partial charge in [0, 0.05) is 11.8 Å².